The van der Waals surface area contributed by atoms with E-state index in [0.717, 1.165) is 38.1 Å². The van der Waals surface area contributed by atoms with Gasteiger partial charge < -0.3 is 33.6 Å². The highest BCUT2D eigenvalue weighted by molar-refractivity contribution is 8.00. The van der Waals surface area contributed by atoms with Crippen molar-refractivity contribution in [3.8, 4) is 5.75 Å². The van der Waals surface area contributed by atoms with Gasteiger partial charge in [-0.2, -0.15) is 13.2 Å². The van der Waals surface area contributed by atoms with E-state index in [4.69, 9.17) is 18.6 Å². The van der Waals surface area contributed by atoms with Crippen LogP contribution in [0.25, 0.3) is 11.0 Å². The molecule has 0 unspecified atom stereocenters. The van der Waals surface area contributed by atoms with Gasteiger partial charge in [-0.05, 0) is 31.0 Å². The number of thioether (sulfide) groups is 1. The number of fused-ring (bicyclic) bond motifs is 2. The van der Waals surface area contributed by atoms with Gasteiger partial charge in [-0.1, -0.05) is 42.1 Å². The van der Waals surface area contributed by atoms with Gasteiger partial charge in [0.15, 0.2) is 10.7 Å². The van der Waals surface area contributed by atoms with Crippen molar-refractivity contribution in [2.45, 2.75) is 53.6 Å². The number of benzene rings is 2. The fraction of sp³-hybridized carbons (Fsp3) is 0.379. The average molecular weight is 641 g/mol. The Morgan fingerprint density at radius 2 is 1.73 bits per heavy atom. The third-order valence-corrected chi connectivity index (χ3v) is 8.65. The minimum absolute atomic E-state index is 0.00834. The number of carbonyl (C=O) groups excluding carboxylic acids is 3. The molecule has 0 saturated carbocycles. The molecule has 11 nitrogen and oxygen atoms in total. The second-order valence-corrected chi connectivity index (χ2v) is 11.1. The van der Waals surface area contributed by atoms with Crippen LogP contribution in [0.1, 0.15) is 23.1 Å². The average Bonchev–Trinajstić information content (AvgIpc) is 3.41. The lowest BCUT2D eigenvalue weighted by Crippen LogP contribution is -2.56. The van der Waals surface area contributed by atoms with E-state index in [1.807, 2.05) is 0 Å². The molecule has 0 saturated heterocycles. The highest BCUT2D eigenvalue weighted by atomic mass is 32.2. The summed E-state index contributed by atoms with van der Waals surface area (Å²) in [4.78, 5) is 52.3. The normalized spacial score (nSPS) is 18.0. The summed E-state index contributed by atoms with van der Waals surface area (Å²) >= 11 is 0.722. The molecule has 0 bridgehead atoms. The third kappa shape index (κ3) is 5.50. The molecule has 0 amide bonds. The summed E-state index contributed by atoms with van der Waals surface area (Å²) in [6.45, 7) is 1.65. The van der Waals surface area contributed by atoms with E-state index in [1.54, 1.807) is 6.92 Å². The number of alkyl halides is 3. The lowest BCUT2D eigenvalue weighted by Gasteiger charge is -2.35. The van der Waals surface area contributed by atoms with Crippen molar-refractivity contribution < 1.29 is 61.1 Å². The molecule has 2 N–H and O–H groups in total. The molecule has 1 aliphatic rings. The number of phenolic OH excluding ortho intramolecular Hbond substituents is 1. The zero-order valence-electron chi connectivity index (χ0n) is 23.7. The molecule has 1 aliphatic heterocycles. The van der Waals surface area contributed by atoms with E-state index in [0.29, 0.717) is 12.7 Å². The number of methoxy groups -OCH3 is 3. The van der Waals surface area contributed by atoms with Gasteiger partial charge in [-0.15, -0.1) is 0 Å². The van der Waals surface area contributed by atoms with E-state index in [2.05, 4.69) is 4.74 Å². The molecule has 2 heterocycles. The Morgan fingerprint density at radius 3 is 2.30 bits per heavy atom. The third-order valence-electron chi connectivity index (χ3n) is 7.27. The lowest BCUT2D eigenvalue weighted by atomic mass is 9.88. The van der Waals surface area contributed by atoms with Gasteiger partial charge in [0.25, 0.3) is 5.60 Å². The topological polar surface area (TPSA) is 159 Å². The fourth-order valence-corrected chi connectivity index (χ4v) is 6.40. The lowest BCUT2D eigenvalue weighted by molar-refractivity contribution is -0.279. The summed E-state index contributed by atoms with van der Waals surface area (Å²) in [6, 6.07) is 8.64. The standard InChI is InChI=1S/C29H27F3O11S/c1-14-10-17(33)21-18(11-14)42-24-16(22(21)34)12-20(44-24)27(38,25(36)40-3)13-19(23(35)39-2)43-26(37)28(41-4,29(30,31)32)15-8-6-5-7-9-15/h5-11,19-20,33,38H,12-13H2,1-4H3/t19-,20+,27+,28-/m1/s1. The second kappa shape index (κ2) is 12.1. The number of ether oxygens (including phenoxy) is 4. The molecule has 4 atom stereocenters. The Kier molecular flexibility index (Phi) is 9.05. The molecule has 4 rings (SSSR count). The van der Waals surface area contributed by atoms with E-state index in [9.17, 15) is 42.6 Å². The Hall–Kier alpha value is -4.08. The van der Waals surface area contributed by atoms with Crippen LogP contribution in [0.15, 0.2) is 56.8 Å². The number of carbonyl (C=O) groups is 3. The Balaban J connectivity index is 1.74. The summed E-state index contributed by atoms with van der Waals surface area (Å²) in [5.74, 6) is -5.17. The van der Waals surface area contributed by atoms with Gasteiger partial charge in [-0.25, -0.2) is 14.4 Å². The van der Waals surface area contributed by atoms with Crippen molar-refractivity contribution in [1.29, 1.82) is 0 Å². The van der Waals surface area contributed by atoms with E-state index in [1.165, 1.54) is 30.3 Å². The van der Waals surface area contributed by atoms with Crippen molar-refractivity contribution in [3.05, 3.63) is 69.4 Å². The molecule has 0 aliphatic carbocycles. The van der Waals surface area contributed by atoms with Crippen molar-refractivity contribution >= 4 is 40.6 Å². The van der Waals surface area contributed by atoms with Crippen LogP contribution in [0, 0.1) is 6.92 Å². The highest BCUT2D eigenvalue weighted by Gasteiger charge is 2.65. The number of esters is 3. The van der Waals surface area contributed by atoms with Crippen molar-refractivity contribution in [2.75, 3.05) is 21.3 Å². The number of hydrogen-bond acceptors (Lipinski definition) is 12. The number of aryl methyl sites for hydroxylation is 1. The van der Waals surface area contributed by atoms with Crippen LogP contribution in [-0.2, 0) is 45.4 Å². The number of rotatable bonds is 9. The molecule has 44 heavy (non-hydrogen) atoms. The van der Waals surface area contributed by atoms with Crippen LogP contribution < -0.4 is 5.43 Å². The minimum Gasteiger partial charge on any atom is -0.507 e. The van der Waals surface area contributed by atoms with Crippen LogP contribution in [0.5, 0.6) is 5.75 Å². The molecule has 15 heteroatoms. The quantitative estimate of drug-likeness (QED) is 0.260. The summed E-state index contributed by atoms with van der Waals surface area (Å²) in [5, 5.41) is 20.6. The summed E-state index contributed by atoms with van der Waals surface area (Å²) in [5.41, 5.74) is -7.15. The Labute approximate surface area is 251 Å². The van der Waals surface area contributed by atoms with Gasteiger partial charge in [-0.3, -0.25) is 4.79 Å². The monoisotopic (exact) mass is 640 g/mol. The number of aliphatic hydroxyl groups is 1. The van der Waals surface area contributed by atoms with E-state index >= 15 is 0 Å². The Morgan fingerprint density at radius 1 is 1.07 bits per heavy atom. The Bertz CT molecular complexity index is 1660. The first-order valence-electron chi connectivity index (χ1n) is 12.9. The maximum Gasteiger partial charge on any atom is 0.432 e. The fourth-order valence-electron chi connectivity index (χ4n) is 5.05. The van der Waals surface area contributed by atoms with Gasteiger partial charge in [0.2, 0.25) is 11.5 Å². The SMILES string of the molecule is COC(=O)[C@@H](C[C@@](O)(C(=O)OC)[C@@H]1Cc2c(oc3cc(C)cc(O)c3c2=O)S1)OC(=O)[C@](OC)(c1ccccc1)C(F)(F)F. The number of hydrogen-bond donors (Lipinski definition) is 2. The summed E-state index contributed by atoms with van der Waals surface area (Å²) < 4.78 is 68.2. The maximum absolute atomic E-state index is 14.4. The van der Waals surface area contributed by atoms with Crippen LogP contribution in [-0.4, -0.2) is 72.6 Å². The van der Waals surface area contributed by atoms with E-state index in [-0.39, 0.29) is 33.8 Å². The molecule has 2 aromatic carbocycles. The molecule has 0 radical (unpaired) electrons. The minimum atomic E-state index is -5.39. The first-order chi connectivity index (χ1) is 20.6. The molecule has 0 fully saturated rings. The zero-order chi connectivity index (χ0) is 32.6. The van der Waals surface area contributed by atoms with Gasteiger partial charge >= 0.3 is 24.1 Å². The summed E-state index contributed by atoms with van der Waals surface area (Å²) in [7, 11) is 2.39. The first-order valence-corrected chi connectivity index (χ1v) is 13.8. The predicted octanol–water partition coefficient (Wildman–Crippen LogP) is 3.31. The zero-order valence-corrected chi connectivity index (χ0v) is 24.5. The van der Waals surface area contributed by atoms with Gasteiger partial charge in [0, 0.05) is 19.1 Å². The van der Waals surface area contributed by atoms with Gasteiger partial charge in [0.05, 0.1) is 25.0 Å². The molecular weight excluding hydrogens is 613 g/mol. The first kappa shape index (κ1) is 32.8. The molecule has 3 aromatic rings. The van der Waals surface area contributed by atoms with Crippen LogP contribution >= 0.6 is 11.8 Å². The molecular formula is C29H27F3O11S. The predicted molar refractivity (Wildman–Crippen MR) is 147 cm³/mol. The van der Waals surface area contributed by atoms with Crippen LogP contribution in [0.3, 0.4) is 0 Å². The smallest absolute Gasteiger partial charge is 0.432 e. The largest absolute Gasteiger partial charge is 0.507 e. The van der Waals surface area contributed by atoms with Crippen molar-refractivity contribution in [3.63, 3.8) is 0 Å². The van der Waals surface area contributed by atoms with Gasteiger partial charge in [0.1, 0.15) is 16.7 Å². The van der Waals surface area contributed by atoms with Crippen LogP contribution in [0.2, 0.25) is 0 Å². The highest BCUT2D eigenvalue weighted by Crippen LogP contribution is 2.46. The van der Waals surface area contributed by atoms with Crippen LogP contribution in [0.4, 0.5) is 13.2 Å². The number of aromatic hydroxyl groups is 1. The molecule has 236 valence electrons. The maximum atomic E-state index is 14.4. The number of phenols is 1. The van der Waals surface area contributed by atoms with Crippen molar-refractivity contribution in [1.82, 2.24) is 0 Å². The van der Waals surface area contributed by atoms with E-state index < -0.39 is 64.1 Å². The second-order valence-electron chi connectivity index (χ2n) is 9.95. The molecule has 1 aromatic heterocycles. The van der Waals surface area contributed by atoms with Crippen molar-refractivity contribution in [2.24, 2.45) is 0 Å². The number of halogens is 3. The molecule has 0 spiro atoms. The summed E-state index contributed by atoms with van der Waals surface area (Å²) in [6.07, 6.45) is -9.15.